The van der Waals surface area contributed by atoms with Gasteiger partial charge in [-0.25, -0.2) is 0 Å². The minimum absolute atomic E-state index is 0.391. The summed E-state index contributed by atoms with van der Waals surface area (Å²) >= 11 is 1.52. The van der Waals surface area contributed by atoms with E-state index in [-0.39, 0.29) is 0 Å². The van der Waals surface area contributed by atoms with Crippen molar-refractivity contribution in [2.75, 3.05) is 23.7 Å². The quantitative estimate of drug-likeness (QED) is 0.848. The number of rotatable bonds is 1. The zero-order valence-corrected chi connectivity index (χ0v) is 12.9. The van der Waals surface area contributed by atoms with Crippen LogP contribution in [0.2, 0.25) is 0 Å². The number of thiophene rings is 1. The molecule has 19 heavy (non-hydrogen) atoms. The van der Waals surface area contributed by atoms with Gasteiger partial charge in [-0.2, -0.15) is 5.26 Å². The first-order valence-electron chi connectivity index (χ1n) is 6.96. The highest BCUT2D eigenvalue weighted by Crippen LogP contribution is 2.37. The summed E-state index contributed by atoms with van der Waals surface area (Å²) in [6.07, 6.45) is 3.75. The second kappa shape index (κ2) is 5.42. The van der Waals surface area contributed by atoms with Crippen LogP contribution in [0.1, 0.15) is 44.9 Å². The molecule has 2 N–H and O–H groups in total. The molecule has 1 unspecified atom stereocenters. The molecule has 0 aliphatic carbocycles. The summed E-state index contributed by atoms with van der Waals surface area (Å²) in [4.78, 5) is 3.04. The standard InChI is InChI=1S/C15H23N3S/c1-15(2,3)11-5-4-7-18(8-6-11)14-9-12(17)13(10-16)19-14/h9,11H,4-8,17H2,1-3H3. The summed E-state index contributed by atoms with van der Waals surface area (Å²) in [6, 6.07) is 4.13. The number of nitriles is 1. The third kappa shape index (κ3) is 3.22. The van der Waals surface area contributed by atoms with E-state index in [2.05, 4.69) is 31.7 Å². The van der Waals surface area contributed by atoms with Crippen LogP contribution in [0.5, 0.6) is 0 Å². The fourth-order valence-corrected chi connectivity index (χ4v) is 3.75. The van der Waals surface area contributed by atoms with Gasteiger partial charge in [-0.15, -0.1) is 11.3 Å². The van der Waals surface area contributed by atoms with Crippen molar-refractivity contribution in [1.29, 1.82) is 5.26 Å². The van der Waals surface area contributed by atoms with E-state index in [0.29, 0.717) is 16.0 Å². The normalized spacial score (nSPS) is 20.9. The molecule has 1 aliphatic rings. The molecular formula is C15H23N3S. The Morgan fingerprint density at radius 3 is 2.68 bits per heavy atom. The van der Waals surface area contributed by atoms with E-state index in [9.17, 15) is 0 Å². The van der Waals surface area contributed by atoms with Crippen molar-refractivity contribution in [3.63, 3.8) is 0 Å². The summed E-state index contributed by atoms with van der Waals surface area (Å²) in [5.74, 6) is 0.783. The van der Waals surface area contributed by atoms with Gasteiger partial charge >= 0.3 is 0 Å². The van der Waals surface area contributed by atoms with Crippen molar-refractivity contribution in [1.82, 2.24) is 0 Å². The van der Waals surface area contributed by atoms with Gasteiger partial charge in [0.25, 0.3) is 0 Å². The summed E-state index contributed by atoms with van der Waals surface area (Å²) in [5.41, 5.74) is 6.87. The molecule has 0 spiro atoms. The van der Waals surface area contributed by atoms with Crippen LogP contribution in [-0.4, -0.2) is 13.1 Å². The molecule has 3 nitrogen and oxygen atoms in total. The van der Waals surface area contributed by atoms with Crippen LogP contribution in [0.3, 0.4) is 0 Å². The molecule has 2 rings (SSSR count). The van der Waals surface area contributed by atoms with Crippen molar-refractivity contribution in [2.24, 2.45) is 11.3 Å². The van der Waals surface area contributed by atoms with E-state index in [1.165, 1.54) is 30.6 Å². The topological polar surface area (TPSA) is 53.0 Å². The third-order valence-electron chi connectivity index (χ3n) is 4.11. The number of anilines is 2. The molecule has 1 atom stereocenters. The molecule has 1 fully saturated rings. The molecule has 1 saturated heterocycles. The van der Waals surface area contributed by atoms with Gasteiger partial charge in [0, 0.05) is 13.1 Å². The fourth-order valence-electron chi connectivity index (χ4n) is 2.82. The van der Waals surface area contributed by atoms with Crippen molar-refractivity contribution < 1.29 is 0 Å². The largest absolute Gasteiger partial charge is 0.397 e. The predicted molar refractivity (Wildman–Crippen MR) is 82.5 cm³/mol. The van der Waals surface area contributed by atoms with Crippen molar-refractivity contribution >= 4 is 22.0 Å². The average Bonchev–Trinajstić information content (AvgIpc) is 2.57. The lowest BCUT2D eigenvalue weighted by Gasteiger charge is -2.29. The number of hydrogen-bond donors (Lipinski definition) is 1. The Labute approximate surface area is 120 Å². The monoisotopic (exact) mass is 277 g/mol. The Morgan fingerprint density at radius 2 is 2.11 bits per heavy atom. The van der Waals surface area contributed by atoms with Crippen LogP contribution in [0.25, 0.3) is 0 Å². The van der Waals surface area contributed by atoms with Crippen LogP contribution in [-0.2, 0) is 0 Å². The minimum atomic E-state index is 0.391. The Morgan fingerprint density at radius 1 is 1.37 bits per heavy atom. The van der Waals surface area contributed by atoms with Gasteiger partial charge in [0.15, 0.2) is 0 Å². The molecule has 0 saturated carbocycles. The fraction of sp³-hybridized carbons (Fsp3) is 0.667. The summed E-state index contributed by atoms with van der Waals surface area (Å²) < 4.78 is 0. The van der Waals surface area contributed by atoms with Gasteiger partial charge < -0.3 is 10.6 Å². The third-order valence-corrected chi connectivity index (χ3v) is 5.23. The van der Waals surface area contributed by atoms with E-state index in [0.717, 1.165) is 24.0 Å². The Bertz CT molecular complexity index is 479. The maximum atomic E-state index is 9.00. The van der Waals surface area contributed by atoms with E-state index in [4.69, 9.17) is 11.0 Å². The minimum Gasteiger partial charge on any atom is -0.397 e. The van der Waals surface area contributed by atoms with Crippen LogP contribution < -0.4 is 10.6 Å². The predicted octanol–water partition coefficient (Wildman–Crippen LogP) is 3.85. The molecule has 1 aromatic rings. The lowest BCUT2D eigenvalue weighted by molar-refractivity contribution is 0.220. The lowest BCUT2D eigenvalue weighted by Crippen LogP contribution is -2.25. The van der Waals surface area contributed by atoms with Crippen molar-refractivity contribution in [2.45, 2.75) is 40.0 Å². The molecule has 0 bridgehead atoms. The summed E-state index contributed by atoms with van der Waals surface area (Å²) in [7, 11) is 0. The number of nitrogen functional groups attached to an aromatic ring is 1. The lowest BCUT2D eigenvalue weighted by atomic mass is 9.77. The maximum absolute atomic E-state index is 9.00. The zero-order chi connectivity index (χ0) is 14.0. The van der Waals surface area contributed by atoms with Crippen LogP contribution in [0.15, 0.2) is 6.07 Å². The first kappa shape index (κ1) is 14.2. The molecule has 0 radical (unpaired) electrons. The van der Waals surface area contributed by atoms with Gasteiger partial charge in [0.05, 0.1) is 10.7 Å². The number of hydrogen-bond acceptors (Lipinski definition) is 4. The van der Waals surface area contributed by atoms with Gasteiger partial charge in [-0.1, -0.05) is 20.8 Å². The summed E-state index contributed by atoms with van der Waals surface area (Å²) in [6.45, 7) is 9.17. The molecule has 1 aliphatic heterocycles. The smallest absolute Gasteiger partial charge is 0.129 e. The highest BCUT2D eigenvalue weighted by atomic mass is 32.1. The zero-order valence-electron chi connectivity index (χ0n) is 12.1. The second-order valence-electron chi connectivity index (χ2n) is 6.46. The highest BCUT2D eigenvalue weighted by molar-refractivity contribution is 7.17. The Kier molecular flexibility index (Phi) is 4.05. The van der Waals surface area contributed by atoms with Gasteiger partial charge in [0.1, 0.15) is 10.9 Å². The van der Waals surface area contributed by atoms with E-state index >= 15 is 0 Å². The maximum Gasteiger partial charge on any atom is 0.129 e. The van der Waals surface area contributed by atoms with Crippen molar-refractivity contribution in [3.8, 4) is 6.07 Å². The summed E-state index contributed by atoms with van der Waals surface area (Å²) in [5, 5.41) is 10.2. The van der Waals surface area contributed by atoms with E-state index < -0.39 is 0 Å². The number of nitrogens with zero attached hydrogens (tertiary/aromatic N) is 2. The highest BCUT2D eigenvalue weighted by Gasteiger charge is 2.27. The van der Waals surface area contributed by atoms with Crippen molar-refractivity contribution in [3.05, 3.63) is 10.9 Å². The Hall–Kier alpha value is -1.21. The van der Waals surface area contributed by atoms with E-state index in [1.54, 1.807) is 0 Å². The molecule has 4 heteroatoms. The van der Waals surface area contributed by atoms with Crippen LogP contribution in [0, 0.1) is 22.7 Å². The van der Waals surface area contributed by atoms with Gasteiger partial charge in [0.2, 0.25) is 0 Å². The van der Waals surface area contributed by atoms with Crippen LogP contribution >= 0.6 is 11.3 Å². The molecular weight excluding hydrogens is 254 g/mol. The van der Waals surface area contributed by atoms with Gasteiger partial charge in [-0.05, 0) is 36.7 Å². The van der Waals surface area contributed by atoms with Gasteiger partial charge in [-0.3, -0.25) is 0 Å². The SMILES string of the molecule is CC(C)(C)C1CCCN(c2cc(N)c(C#N)s2)CC1. The molecule has 0 aromatic carbocycles. The number of nitrogens with two attached hydrogens (primary N) is 1. The molecule has 0 amide bonds. The van der Waals surface area contributed by atoms with Crippen LogP contribution in [0.4, 0.5) is 10.7 Å². The second-order valence-corrected chi connectivity index (χ2v) is 7.49. The molecule has 2 heterocycles. The molecule has 104 valence electrons. The Balaban J connectivity index is 2.09. The first-order valence-corrected chi connectivity index (χ1v) is 7.78. The average molecular weight is 277 g/mol. The first-order chi connectivity index (χ1) is 8.91. The molecule has 1 aromatic heterocycles. The van der Waals surface area contributed by atoms with E-state index in [1.807, 2.05) is 6.07 Å².